The zero-order valence-electron chi connectivity index (χ0n) is 14.6. The van der Waals surface area contributed by atoms with Gasteiger partial charge in [-0.2, -0.15) is 0 Å². The molecule has 1 fully saturated rings. The fourth-order valence-corrected chi connectivity index (χ4v) is 4.82. The van der Waals surface area contributed by atoms with Gasteiger partial charge in [-0.3, -0.25) is 4.79 Å². The lowest BCUT2D eigenvalue weighted by atomic mass is 10.0. The van der Waals surface area contributed by atoms with Gasteiger partial charge in [0.25, 0.3) is 0 Å². The Hall–Kier alpha value is -1.66. The zero-order valence-corrected chi connectivity index (χ0v) is 17.0. The predicted molar refractivity (Wildman–Crippen MR) is 105 cm³/mol. The summed E-state index contributed by atoms with van der Waals surface area (Å²) in [5.41, 5.74) is 1.08. The number of halogens is 1. The van der Waals surface area contributed by atoms with Crippen molar-refractivity contribution in [3.05, 3.63) is 64.6 Å². The van der Waals surface area contributed by atoms with E-state index in [0.717, 1.165) is 22.9 Å². The average molecular weight is 436 g/mol. The van der Waals surface area contributed by atoms with E-state index in [2.05, 4.69) is 21.2 Å². The molecular weight excluding hydrogens is 414 g/mol. The molecule has 2 aromatic carbocycles. The molecule has 0 bridgehead atoms. The molecule has 0 aromatic heterocycles. The molecule has 1 amide bonds. The maximum atomic E-state index is 12.6. The van der Waals surface area contributed by atoms with Crippen LogP contribution in [0.15, 0.2) is 64.0 Å². The molecule has 0 saturated heterocycles. The molecule has 138 valence electrons. The first-order chi connectivity index (χ1) is 12.4. The van der Waals surface area contributed by atoms with Crippen molar-refractivity contribution in [2.45, 2.75) is 30.7 Å². The monoisotopic (exact) mass is 435 g/mol. The summed E-state index contributed by atoms with van der Waals surface area (Å²) in [5.74, 6) is -0.594. The van der Waals surface area contributed by atoms with Crippen LogP contribution >= 0.6 is 15.9 Å². The largest absolute Gasteiger partial charge is 0.349 e. The molecule has 1 N–H and O–H groups in total. The number of rotatable bonds is 7. The van der Waals surface area contributed by atoms with E-state index in [0.29, 0.717) is 5.92 Å². The first-order valence-corrected chi connectivity index (χ1v) is 11.1. The number of benzene rings is 2. The maximum Gasteiger partial charge on any atom is 0.224 e. The third-order valence-electron chi connectivity index (χ3n) is 4.64. The van der Waals surface area contributed by atoms with Crippen LogP contribution in [0.5, 0.6) is 0 Å². The lowest BCUT2D eigenvalue weighted by Gasteiger charge is -2.21. The predicted octanol–water partition coefficient (Wildman–Crippen LogP) is 4.13. The standard InChI is InChI=1S/C20H22BrNO3S/c1-14(13-26(24,25)18-11-9-17(21)10-12-18)20(23)22-19(16-7-8-16)15-5-3-2-4-6-15/h2-6,9-12,14,16,19H,7-8,13H2,1H3,(H,22,23)/t14-,19-/m0/s1. The first-order valence-electron chi connectivity index (χ1n) is 8.70. The van der Waals surface area contributed by atoms with Gasteiger partial charge >= 0.3 is 0 Å². The van der Waals surface area contributed by atoms with Gasteiger partial charge in [0.1, 0.15) is 0 Å². The van der Waals surface area contributed by atoms with Crippen molar-refractivity contribution in [2.24, 2.45) is 11.8 Å². The minimum absolute atomic E-state index is 0.0402. The van der Waals surface area contributed by atoms with Crippen LogP contribution in [0, 0.1) is 11.8 Å². The second-order valence-electron chi connectivity index (χ2n) is 6.87. The highest BCUT2D eigenvalue weighted by Crippen LogP contribution is 2.41. The Kier molecular flexibility index (Phi) is 5.82. The van der Waals surface area contributed by atoms with Crippen molar-refractivity contribution in [3.63, 3.8) is 0 Å². The molecule has 4 nitrogen and oxygen atoms in total. The number of carbonyl (C=O) groups is 1. The molecule has 0 radical (unpaired) electrons. The van der Waals surface area contributed by atoms with E-state index >= 15 is 0 Å². The van der Waals surface area contributed by atoms with E-state index in [-0.39, 0.29) is 22.6 Å². The molecule has 0 aliphatic heterocycles. The molecule has 0 heterocycles. The summed E-state index contributed by atoms with van der Waals surface area (Å²) < 4.78 is 25.9. The Labute approximate surface area is 163 Å². The van der Waals surface area contributed by atoms with E-state index in [1.807, 2.05) is 30.3 Å². The van der Waals surface area contributed by atoms with E-state index in [9.17, 15) is 13.2 Å². The average Bonchev–Trinajstić information content (AvgIpc) is 3.45. The van der Waals surface area contributed by atoms with Crippen LogP contribution < -0.4 is 5.32 Å². The molecule has 2 atom stereocenters. The Morgan fingerprint density at radius 2 is 1.73 bits per heavy atom. The molecule has 3 rings (SSSR count). The van der Waals surface area contributed by atoms with Gasteiger partial charge in [-0.05, 0) is 48.6 Å². The van der Waals surface area contributed by atoms with Crippen LogP contribution in [0.25, 0.3) is 0 Å². The number of sulfone groups is 1. The minimum Gasteiger partial charge on any atom is -0.349 e. The third kappa shape index (κ3) is 4.74. The van der Waals surface area contributed by atoms with Gasteiger partial charge in [0.05, 0.1) is 16.7 Å². The highest BCUT2D eigenvalue weighted by molar-refractivity contribution is 9.10. The van der Waals surface area contributed by atoms with Crippen LogP contribution in [0.3, 0.4) is 0 Å². The van der Waals surface area contributed by atoms with Crippen molar-refractivity contribution in [2.75, 3.05) is 5.75 Å². The summed E-state index contributed by atoms with van der Waals surface area (Å²) >= 11 is 3.30. The summed E-state index contributed by atoms with van der Waals surface area (Å²) in [6.45, 7) is 1.67. The second-order valence-corrected chi connectivity index (χ2v) is 9.82. The lowest BCUT2D eigenvalue weighted by molar-refractivity contribution is -0.124. The lowest BCUT2D eigenvalue weighted by Crippen LogP contribution is -2.36. The molecule has 0 unspecified atom stereocenters. The van der Waals surface area contributed by atoms with Gasteiger partial charge in [-0.1, -0.05) is 53.2 Å². The molecule has 6 heteroatoms. The van der Waals surface area contributed by atoms with Crippen LogP contribution in [-0.4, -0.2) is 20.1 Å². The summed E-state index contributed by atoms with van der Waals surface area (Å²) in [6.07, 6.45) is 2.18. The summed E-state index contributed by atoms with van der Waals surface area (Å²) in [4.78, 5) is 12.9. The van der Waals surface area contributed by atoms with E-state index in [1.54, 1.807) is 31.2 Å². The van der Waals surface area contributed by atoms with Gasteiger partial charge in [0.2, 0.25) is 5.91 Å². The van der Waals surface area contributed by atoms with Crippen molar-refractivity contribution >= 4 is 31.7 Å². The van der Waals surface area contributed by atoms with Crippen molar-refractivity contribution < 1.29 is 13.2 Å². The van der Waals surface area contributed by atoms with Crippen LogP contribution in [0.1, 0.15) is 31.4 Å². The number of hydrogen-bond acceptors (Lipinski definition) is 3. The van der Waals surface area contributed by atoms with Gasteiger partial charge < -0.3 is 5.32 Å². The Bertz CT molecular complexity index is 862. The molecule has 0 spiro atoms. The highest BCUT2D eigenvalue weighted by Gasteiger charge is 2.34. The summed E-state index contributed by atoms with van der Waals surface area (Å²) in [6, 6.07) is 16.3. The van der Waals surface area contributed by atoms with E-state index < -0.39 is 15.8 Å². The van der Waals surface area contributed by atoms with Crippen LogP contribution in [-0.2, 0) is 14.6 Å². The summed E-state index contributed by atoms with van der Waals surface area (Å²) in [7, 11) is -3.51. The van der Waals surface area contributed by atoms with Crippen LogP contribution in [0.2, 0.25) is 0 Å². The second kappa shape index (κ2) is 7.92. The van der Waals surface area contributed by atoms with Gasteiger partial charge in [-0.25, -0.2) is 8.42 Å². The van der Waals surface area contributed by atoms with Gasteiger partial charge in [0.15, 0.2) is 9.84 Å². The SMILES string of the molecule is C[C@@H](CS(=O)(=O)c1ccc(Br)cc1)C(=O)N[C@@H](c1ccccc1)C1CC1. The van der Waals surface area contributed by atoms with E-state index in [4.69, 9.17) is 0 Å². The first kappa shape index (κ1) is 19.1. The normalized spacial score (nSPS) is 16.7. The smallest absolute Gasteiger partial charge is 0.224 e. The minimum atomic E-state index is -3.51. The molecule has 1 aliphatic rings. The van der Waals surface area contributed by atoms with Crippen LogP contribution in [0.4, 0.5) is 0 Å². The number of nitrogens with one attached hydrogen (secondary N) is 1. The molecule has 2 aromatic rings. The molecule has 1 aliphatic carbocycles. The fraction of sp³-hybridized carbons (Fsp3) is 0.350. The fourth-order valence-electron chi connectivity index (χ4n) is 3.00. The van der Waals surface area contributed by atoms with Gasteiger partial charge in [-0.15, -0.1) is 0 Å². The third-order valence-corrected chi connectivity index (χ3v) is 7.10. The zero-order chi connectivity index (χ0) is 18.7. The highest BCUT2D eigenvalue weighted by atomic mass is 79.9. The molecule has 26 heavy (non-hydrogen) atoms. The summed E-state index contributed by atoms with van der Waals surface area (Å²) in [5, 5.41) is 3.07. The quantitative estimate of drug-likeness (QED) is 0.710. The van der Waals surface area contributed by atoms with Crippen molar-refractivity contribution in [3.8, 4) is 0 Å². The Balaban J connectivity index is 1.68. The number of carbonyl (C=O) groups excluding carboxylic acids is 1. The number of amides is 1. The number of hydrogen-bond donors (Lipinski definition) is 1. The van der Waals surface area contributed by atoms with E-state index in [1.165, 1.54) is 0 Å². The van der Waals surface area contributed by atoms with Crippen molar-refractivity contribution in [1.29, 1.82) is 0 Å². The Morgan fingerprint density at radius 3 is 2.31 bits per heavy atom. The molecule has 1 saturated carbocycles. The Morgan fingerprint density at radius 1 is 1.12 bits per heavy atom. The van der Waals surface area contributed by atoms with Gasteiger partial charge in [0, 0.05) is 10.4 Å². The van der Waals surface area contributed by atoms with Crippen molar-refractivity contribution in [1.82, 2.24) is 5.32 Å². The maximum absolute atomic E-state index is 12.6. The topological polar surface area (TPSA) is 63.2 Å². The molecular formula is C20H22BrNO3S.